The molecule has 0 aliphatic carbocycles. The van der Waals surface area contributed by atoms with Crippen molar-refractivity contribution < 1.29 is 47.3 Å². The molecule has 1 fully saturated rings. The van der Waals surface area contributed by atoms with Crippen LogP contribution in [0, 0.1) is 17.1 Å². The second kappa shape index (κ2) is 23.1. The van der Waals surface area contributed by atoms with E-state index in [-0.39, 0.29) is 36.9 Å². The molecule has 2 unspecified atom stereocenters. The number of halogens is 1. The van der Waals surface area contributed by atoms with Crippen molar-refractivity contribution in [3.05, 3.63) is 59.3 Å². The molecule has 16 heteroatoms. The lowest BCUT2D eigenvalue weighted by atomic mass is 9.86. The van der Waals surface area contributed by atoms with Crippen LogP contribution in [0.3, 0.4) is 0 Å². The molecule has 14 nitrogen and oxygen atoms in total. The van der Waals surface area contributed by atoms with E-state index in [9.17, 15) is 29.3 Å². The topological polar surface area (TPSA) is 204 Å². The number of aliphatic hydroxyl groups is 2. The summed E-state index contributed by atoms with van der Waals surface area (Å²) in [4.78, 5) is 14.7. The van der Waals surface area contributed by atoms with E-state index in [0.29, 0.717) is 17.7 Å². The molecule has 0 saturated carbocycles. The lowest BCUT2D eigenvalue weighted by molar-refractivity contribution is -0.123. The monoisotopic (exact) mass is 833 g/mol. The first kappa shape index (κ1) is 47.6. The number of nitriles is 1. The molecular formula is C42H65FN5O9P. The number of phosphoric acid groups is 1. The normalized spacial score (nSPS) is 21.6. The first-order valence-corrected chi connectivity index (χ1v) is 22.4. The van der Waals surface area contributed by atoms with Gasteiger partial charge in [0.2, 0.25) is 0 Å². The summed E-state index contributed by atoms with van der Waals surface area (Å²) in [6, 6.07) is 8.90. The molecule has 5 N–H and O–H groups in total. The summed E-state index contributed by atoms with van der Waals surface area (Å²) in [5.41, 5.74) is 2.15. The van der Waals surface area contributed by atoms with Gasteiger partial charge in [0.25, 0.3) is 0 Å². The highest BCUT2D eigenvalue weighted by molar-refractivity contribution is 7.47. The summed E-state index contributed by atoms with van der Waals surface area (Å²) in [6.45, 7) is 4.15. The third kappa shape index (κ3) is 14.3. The van der Waals surface area contributed by atoms with Gasteiger partial charge in [-0.2, -0.15) is 10.4 Å². The van der Waals surface area contributed by atoms with Crippen molar-refractivity contribution in [3.63, 3.8) is 0 Å². The van der Waals surface area contributed by atoms with Crippen LogP contribution in [-0.2, 0) is 40.0 Å². The molecule has 4 rings (SSSR count). The maximum absolute atomic E-state index is 14.2. The number of nitrogen functional groups attached to an aromatic ring is 1. The number of unbranched alkanes of at least 4 members (excludes halogenated alkanes) is 15. The number of ether oxygens (including phenoxy) is 3. The molecule has 1 aromatic carbocycles. The van der Waals surface area contributed by atoms with E-state index in [4.69, 9.17) is 29.0 Å². The highest BCUT2D eigenvalue weighted by Gasteiger charge is 2.58. The predicted molar refractivity (Wildman–Crippen MR) is 218 cm³/mol. The van der Waals surface area contributed by atoms with Gasteiger partial charge in [0.1, 0.15) is 35.0 Å². The molecule has 1 aliphatic heterocycles. The zero-order chi connectivity index (χ0) is 42.1. The minimum absolute atomic E-state index is 0.0158. The van der Waals surface area contributed by atoms with Gasteiger partial charge in [0.05, 0.1) is 50.4 Å². The minimum atomic E-state index is -4.81. The number of aliphatic hydroxyl groups excluding tert-OH is 1. The average Bonchev–Trinajstić information content (AvgIpc) is 3.75. The number of phosphoric ester groups is 1. The number of nitrogens with zero attached hydrogens (tertiary/aromatic N) is 4. The fraction of sp³-hybridized carbons (Fsp3) is 0.690. The fourth-order valence-electron chi connectivity index (χ4n) is 7.24. The van der Waals surface area contributed by atoms with Crippen molar-refractivity contribution >= 4 is 19.2 Å². The molecule has 1 aliphatic rings. The summed E-state index contributed by atoms with van der Waals surface area (Å²) in [6.07, 6.45) is 19.7. The fourth-order valence-corrected chi connectivity index (χ4v) is 8.17. The van der Waals surface area contributed by atoms with E-state index in [1.54, 1.807) is 13.0 Å². The van der Waals surface area contributed by atoms with E-state index < -0.39 is 49.8 Å². The Morgan fingerprint density at radius 3 is 2.24 bits per heavy atom. The van der Waals surface area contributed by atoms with Gasteiger partial charge in [0, 0.05) is 6.61 Å². The molecule has 0 spiro atoms. The van der Waals surface area contributed by atoms with E-state index in [1.807, 2.05) is 6.07 Å². The van der Waals surface area contributed by atoms with Gasteiger partial charge in [-0.05, 0) is 56.2 Å². The first-order valence-electron chi connectivity index (χ1n) is 20.9. The standard InChI is InChI=1S/C42H65FN5O9P/c1-4-5-6-7-8-9-10-11-12-13-14-15-16-17-18-19-22-53-28-40(2,54-27-34-23-33(26-44)24-35(43)25-34)29-56-58(51,52)57-30-41(3)39(49)42(50,31-55-41)37-21-20-36-38(45)46-32-47-48(36)37/h20-21,23-25,32,39,49-50H,4-19,22,27-31H2,1-3H3,(H,51,52)(H2,45,46,47)/t39-,40-,41-,42?/m1/s1. The number of aromatic nitrogens is 3. The van der Waals surface area contributed by atoms with Gasteiger partial charge < -0.3 is 35.1 Å². The summed E-state index contributed by atoms with van der Waals surface area (Å²) in [7, 11) is -4.81. The molecule has 3 heterocycles. The maximum Gasteiger partial charge on any atom is 0.472 e. The van der Waals surface area contributed by atoms with E-state index in [0.717, 1.165) is 25.3 Å². The Morgan fingerprint density at radius 1 is 1.00 bits per heavy atom. The number of rotatable bonds is 29. The van der Waals surface area contributed by atoms with E-state index >= 15 is 0 Å². The quantitative estimate of drug-likeness (QED) is 0.0387. The Hall–Kier alpha value is -3.03. The molecule has 324 valence electrons. The predicted octanol–water partition coefficient (Wildman–Crippen LogP) is 8.05. The summed E-state index contributed by atoms with van der Waals surface area (Å²) >= 11 is 0. The van der Waals surface area contributed by atoms with Crippen molar-refractivity contribution in [3.8, 4) is 6.07 Å². The number of nitrogens with two attached hydrogens (primary N) is 1. The Labute approximate surface area is 342 Å². The van der Waals surface area contributed by atoms with Crippen molar-refractivity contribution in [2.45, 2.75) is 153 Å². The minimum Gasteiger partial charge on any atom is -0.386 e. The van der Waals surface area contributed by atoms with Crippen LogP contribution in [0.1, 0.15) is 140 Å². The molecule has 0 amide bonds. The largest absolute Gasteiger partial charge is 0.472 e. The van der Waals surface area contributed by atoms with Gasteiger partial charge in [0.15, 0.2) is 11.4 Å². The zero-order valence-corrected chi connectivity index (χ0v) is 35.5. The van der Waals surface area contributed by atoms with Gasteiger partial charge in [-0.15, -0.1) is 0 Å². The van der Waals surface area contributed by atoms with Crippen molar-refractivity contribution in [2.75, 3.05) is 38.8 Å². The van der Waals surface area contributed by atoms with Crippen LogP contribution >= 0.6 is 7.82 Å². The molecule has 0 radical (unpaired) electrons. The smallest absolute Gasteiger partial charge is 0.386 e. The SMILES string of the molecule is CCCCCCCCCCCCCCCCCCOC[C@](C)(COP(=O)(O)OC[C@@]1(C)OCC(O)(c2ccc3c(N)ncnn23)[C@@H]1O)OCc1cc(F)cc(C#N)c1. The van der Waals surface area contributed by atoms with E-state index in [2.05, 4.69) is 17.0 Å². The van der Waals surface area contributed by atoms with Gasteiger partial charge >= 0.3 is 7.82 Å². The van der Waals surface area contributed by atoms with Gasteiger partial charge in [-0.3, -0.25) is 9.05 Å². The Morgan fingerprint density at radius 2 is 1.62 bits per heavy atom. The molecule has 5 atom stereocenters. The van der Waals surface area contributed by atoms with Crippen LogP contribution in [0.15, 0.2) is 36.7 Å². The van der Waals surface area contributed by atoms with Crippen molar-refractivity contribution in [1.82, 2.24) is 14.6 Å². The zero-order valence-electron chi connectivity index (χ0n) is 34.6. The molecule has 3 aromatic rings. The summed E-state index contributed by atoms with van der Waals surface area (Å²) in [5.74, 6) is -0.421. The van der Waals surface area contributed by atoms with Gasteiger partial charge in [-0.1, -0.05) is 103 Å². The lowest BCUT2D eigenvalue weighted by Gasteiger charge is -2.33. The van der Waals surface area contributed by atoms with Crippen LogP contribution in [0.25, 0.3) is 5.52 Å². The first-order chi connectivity index (χ1) is 27.7. The number of hydrogen-bond donors (Lipinski definition) is 4. The Kier molecular flexibility index (Phi) is 19.0. The molecule has 58 heavy (non-hydrogen) atoms. The Balaban J connectivity index is 1.22. The van der Waals surface area contributed by atoms with E-state index in [1.165, 1.54) is 119 Å². The maximum atomic E-state index is 14.2. The average molecular weight is 834 g/mol. The number of hydrogen-bond acceptors (Lipinski definition) is 12. The van der Waals surface area contributed by atoms with Crippen LogP contribution < -0.4 is 5.73 Å². The molecule has 2 aromatic heterocycles. The second-order valence-electron chi connectivity index (χ2n) is 16.2. The van der Waals surface area contributed by atoms with Crippen LogP contribution in [-0.4, -0.2) is 80.0 Å². The van der Waals surface area contributed by atoms with Crippen LogP contribution in [0.5, 0.6) is 0 Å². The summed E-state index contributed by atoms with van der Waals surface area (Å²) in [5, 5.41) is 36.3. The molecule has 0 bridgehead atoms. The highest BCUT2D eigenvalue weighted by Crippen LogP contribution is 2.48. The summed E-state index contributed by atoms with van der Waals surface area (Å²) < 4.78 is 57.2. The number of anilines is 1. The third-order valence-electron chi connectivity index (χ3n) is 10.8. The number of fused-ring (bicyclic) bond motifs is 1. The molecular weight excluding hydrogens is 768 g/mol. The lowest BCUT2D eigenvalue weighted by Crippen LogP contribution is -2.49. The van der Waals surface area contributed by atoms with Crippen molar-refractivity contribution in [2.24, 2.45) is 0 Å². The van der Waals surface area contributed by atoms with Crippen LogP contribution in [0.4, 0.5) is 10.2 Å². The third-order valence-corrected chi connectivity index (χ3v) is 11.8. The Bertz CT molecular complexity index is 1800. The number of benzene rings is 1. The van der Waals surface area contributed by atoms with Crippen molar-refractivity contribution in [1.29, 1.82) is 5.26 Å². The highest BCUT2D eigenvalue weighted by atomic mass is 31.2. The van der Waals surface area contributed by atoms with Crippen LogP contribution in [0.2, 0.25) is 0 Å². The second-order valence-corrected chi connectivity index (χ2v) is 17.6. The van der Waals surface area contributed by atoms with Gasteiger partial charge in [-0.25, -0.2) is 18.5 Å². The molecule has 1 saturated heterocycles.